The Bertz CT molecular complexity index is 720. The molecule has 2 saturated heterocycles. The Labute approximate surface area is 172 Å². The van der Waals surface area contributed by atoms with Gasteiger partial charge in [-0.05, 0) is 37.8 Å². The number of rotatable bonds is 5. The zero-order valence-electron chi connectivity index (χ0n) is 17.7. The number of amides is 2. The quantitative estimate of drug-likeness (QED) is 0.755. The predicted octanol–water partition coefficient (Wildman–Crippen LogP) is 2.97. The average molecular weight is 405 g/mol. The summed E-state index contributed by atoms with van der Waals surface area (Å²) in [6.45, 7) is 2.89. The molecule has 0 radical (unpaired) electrons. The number of hydrogen-bond donors (Lipinski definition) is 0. The molecule has 160 valence electrons. The largest absolute Gasteiger partial charge is 0.493 e. The van der Waals surface area contributed by atoms with Crippen molar-refractivity contribution in [1.29, 1.82) is 0 Å². The highest BCUT2D eigenvalue weighted by Gasteiger charge is 2.32. The van der Waals surface area contributed by atoms with E-state index in [2.05, 4.69) is 0 Å². The zero-order chi connectivity index (χ0) is 20.8. The van der Waals surface area contributed by atoms with E-state index < -0.39 is 0 Å². The number of likely N-dealkylation sites (tertiary alicyclic amines) is 2. The van der Waals surface area contributed by atoms with E-state index in [1.807, 2.05) is 4.90 Å². The lowest BCUT2D eigenvalue weighted by atomic mass is 9.94. The van der Waals surface area contributed by atoms with Crippen molar-refractivity contribution >= 4 is 11.8 Å². The summed E-state index contributed by atoms with van der Waals surface area (Å²) in [5.41, 5.74) is 0.447. The molecule has 7 nitrogen and oxygen atoms in total. The first-order chi connectivity index (χ1) is 14.1. The molecule has 2 fully saturated rings. The number of nitrogens with zero attached hydrogens (tertiary/aromatic N) is 2. The van der Waals surface area contributed by atoms with Crippen molar-refractivity contribution in [2.75, 3.05) is 47.5 Å². The SMILES string of the molecule is COc1ccc(C(=O)N2CCC(C(=O)N3CCCCCC3)CC2)c(OC)c1OC. The smallest absolute Gasteiger partial charge is 0.257 e. The third-order valence-corrected chi connectivity index (χ3v) is 5.98. The third-order valence-electron chi connectivity index (χ3n) is 5.98. The summed E-state index contributed by atoms with van der Waals surface area (Å²) in [5, 5.41) is 0. The summed E-state index contributed by atoms with van der Waals surface area (Å²) < 4.78 is 16.1. The minimum Gasteiger partial charge on any atom is -0.493 e. The molecular formula is C22H32N2O5. The fourth-order valence-electron chi connectivity index (χ4n) is 4.32. The van der Waals surface area contributed by atoms with Crippen LogP contribution in [0.2, 0.25) is 0 Å². The second kappa shape index (κ2) is 9.85. The van der Waals surface area contributed by atoms with Crippen LogP contribution in [0, 0.1) is 5.92 Å². The van der Waals surface area contributed by atoms with Crippen molar-refractivity contribution < 1.29 is 23.8 Å². The predicted molar refractivity (Wildman–Crippen MR) is 110 cm³/mol. The molecule has 0 unspecified atom stereocenters. The maximum Gasteiger partial charge on any atom is 0.257 e. The van der Waals surface area contributed by atoms with E-state index in [4.69, 9.17) is 14.2 Å². The standard InChI is InChI=1S/C22H32N2O5/c1-27-18-9-8-17(19(28-2)20(18)29-3)22(26)24-14-10-16(11-15-24)21(25)23-12-6-4-5-7-13-23/h8-9,16H,4-7,10-15H2,1-3H3. The fraction of sp³-hybridized carbons (Fsp3) is 0.636. The van der Waals surface area contributed by atoms with Gasteiger partial charge < -0.3 is 24.0 Å². The van der Waals surface area contributed by atoms with Gasteiger partial charge in [-0.1, -0.05) is 12.8 Å². The van der Waals surface area contributed by atoms with E-state index in [0.29, 0.717) is 48.7 Å². The van der Waals surface area contributed by atoms with Crippen LogP contribution in [0.3, 0.4) is 0 Å². The number of benzene rings is 1. The number of carbonyl (C=O) groups is 2. The molecule has 2 amide bonds. The highest BCUT2D eigenvalue weighted by atomic mass is 16.5. The van der Waals surface area contributed by atoms with E-state index in [-0.39, 0.29) is 17.7 Å². The number of methoxy groups -OCH3 is 3. The van der Waals surface area contributed by atoms with Gasteiger partial charge in [0.1, 0.15) is 0 Å². The molecule has 0 spiro atoms. The molecule has 1 aromatic carbocycles. The van der Waals surface area contributed by atoms with Crippen molar-refractivity contribution in [3.8, 4) is 17.2 Å². The Balaban J connectivity index is 1.66. The molecule has 2 heterocycles. The first kappa shape index (κ1) is 21.3. The molecule has 3 rings (SSSR count). The molecule has 0 aliphatic carbocycles. The molecule has 1 aromatic rings. The van der Waals surface area contributed by atoms with Crippen molar-refractivity contribution in [3.63, 3.8) is 0 Å². The summed E-state index contributed by atoms with van der Waals surface area (Å²) in [6, 6.07) is 3.42. The van der Waals surface area contributed by atoms with Crippen LogP contribution in [0.4, 0.5) is 0 Å². The fourth-order valence-corrected chi connectivity index (χ4v) is 4.32. The van der Waals surface area contributed by atoms with Crippen LogP contribution in [0.5, 0.6) is 17.2 Å². The minimum absolute atomic E-state index is 0.0180. The lowest BCUT2D eigenvalue weighted by molar-refractivity contribution is -0.136. The van der Waals surface area contributed by atoms with E-state index in [9.17, 15) is 9.59 Å². The Morgan fingerprint density at radius 3 is 1.97 bits per heavy atom. The molecule has 0 saturated carbocycles. The van der Waals surface area contributed by atoms with Crippen molar-refractivity contribution in [3.05, 3.63) is 17.7 Å². The highest BCUT2D eigenvalue weighted by molar-refractivity contribution is 5.98. The molecular weight excluding hydrogens is 372 g/mol. The first-order valence-corrected chi connectivity index (χ1v) is 10.5. The van der Waals surface area contributed by atoms with Gasteiger partial charge in [0.25, 0.3) is 5.91 Å². The highest BCUT2D eigenvalue weighted by Crippen LogP contribution is 2.40. The maximum absolute atomic E-state index is 13.1. The van der Waals surface area contributed by atoms with Crippen LogP contribution in [-0.2, 0) is 4.79 Å². The molecule has 0 N–H and O–H groups in total. The van der Waals surface area contributed by atoms with Crippen LogP contribution in [0.1, 0.15) is 48.9 Å². The summed E-state index contributed by atoms with van der Waals surface area (Å²) in [7, 11) is 4.58. The summed E-state index contributed by atoms with van der Waals surface area (Å²) >= 11 is 0. The van der Waals surface area contributed by atoms with Crippen molar-refractivity contribution in [2.45, 2.75) is 38.5 Å². The molecule has 0 bridgehead atoms. The summed E-state index contributed by atoms with van der Waals surface area (Å²) in [6.07, 6.45) is 6.03. The van der Waals surface area contributed by atoms with Crippen LogP contribution in [0.15, 0.2) is 12.1 Å². The van der Waals surface area contributed by atoms with Gasteiger partial charge >= 0.3 is 0 Å². The van der Waals surface area contributed by atoms with Gasteiger partial charge in [0.05, 0.1) is 26.9 Å². The number of hydrogen-bond acceptors (Lipinski definition) is 5. The van der Waals surface area contributed by atoms with Gasteiger partial charge in [-0.2, -0.15) is 0 Å². The van der Waals surface area contributed by atoms with Gasteiger partial charge in [0.2, 0.25) is 11.7 Å². The van der Waals surface area contributed by atoms with E-state index >= 15 is 0 Å². The second-order valence-electron chi connectivity index (χ2n) is 7.69. The van der Waals surface area contributed by atoms with Gasteiger partial charge in [-0.25, -0.2) is 0 Å². The van der Waals surface area contributed by atoms with Gasteiger partial charge in [-0.15, -0.1) is 0 Å². The molecule has 0 aromatic heterocycles. The van der Waals surface area contributed by atoms with E-state index in [1.54, 1.807) is 24.1 Å². The van der Waals surface area contributed by atoms with E-state index in [1.165, 1.54) is 27.1 Å². The molecule has 2 aliphatic heterocycles. The van der Waals surface area contributed by atoms with Crippen LogP contribution >= 0.6 is 0 Å². The molecule has 2 aliphatic rings. The number of ether oxygens (including phenoxy) is 3. The molecule has 0 atom stereocenters. The van der Waals surface area contributed by atoms with Gasteiger partial charge in [0.15, 0.2) is 11.5 Å². The van der Waals surface area contributed by atoms with Crippen LogP contribution in [-0.4, -0.2) is 69.1 Å². The van der Waals surface area contributed by atoms with Crippen molar-refractivity contribution in [2.24, 2.45) is 5.92 Å². The number of piperidine rings is 1. The topological polar surface area (TPSA) is 68.3 Å². The Morgan fingerprint density at radius 1 is 0.793 bits per heavy atom. The zero-order valence-corrected chi connectivity index (χ0v) is 17.7. The molecule has 29 heavy (non-hydrogen) atoms. The van der Waals surface area contributed by atoms with Gasteiger partial charge in [-0.3, -0.25) is 9.59 Å². The van der Waals surface area contributed by atoms with Crippen LogP contribution in [0.25, 0.3) is 0 Å². The second-order valence-corrected chi connectivity index (χ2v) is 7.69. The monoisotopic (exact) mass is 404 g/mol. The summed E-state index contributed by atoms with van der Waals surface area (Å²) in [5.74, 6) is 1.48. The van der Waals surface area contributed by atoms with Crippen molar-refractivity contribution in [1.82, 2.24) is 9.80 Å². The lowest BCUT2D eigenvalue weighted by Gasteiger charge is -2.34. The summed E-state index contributed by atoms with van der Waals surface area (Å²) in [4.78, 5) is 29.8. The normalized spacial score (nSPS) is 18.2. The third kappa shape index (κ3) is 4.60. The Hall–Kier alpha value is -2.44. The average Bonchev–Trinajstić information content (AvgIpc) is 3.06. The minimum atomic E-state index is -0.108. The maximum atomic E-state index is 13.1. The van der Waals surface area contributed by atoms with Gasteiger partial charge in [0, 0.05) is 32.1 Å². The number of carbonyl (C=O) groups excluding carboxylic acids is 2. The lowest BCUT2D eigenvalue weighted by Crippen LogP contribution is -2.44. The first-order valence-electron chi connectivity index (χ1n) is 10.5. The van der Waals surface area contributed by atoms with Crippen LogP contribution < -0.4 is 14.2 Å². The van der Waals surface area contributed by atoms with E-state index in [0.717, 1.165) is 25.9 Å². The Kier molecular flexibility index (Phi) is 7.23. The Morgan fingerprint density at radius 2 is 1.41 bits per heavy atom. The molecule has 7 heteroatoms.